The van der Waals surface area contributed by atoms with E-state index < -0.39 is 7.26 Å². The Balaban J connectivity index is 1.09. The summed E-state index contributed by atoms with van der Waals surface area (Å²) in [6, 6.07) is 45.2. The van der Waals surface area contributed by atoms with Gasteiger partial charge in [0.25, 0.3) is 5.56 Å². The van der Waals surface area contributed by atoms with Gasteiger partial charge in [0.1, 0.15) is 23.2 Å². The second kappa shape index (κ2) is 14.8. The molecule has 0 atom stereocenters. The van der Waals surface area contributed by atoms with Crippen molar-refractivity contribution in [1.82, 2.24) is 9.78 Å². The molecule has 4 heteroatoms. The standard InChI is InChI=1S/C37H41N2OP/c40-37-31-32(38-39(37)33-22-12-7-13-23-33)21-11-5-3-1-2-4-6-20-30-41(34-24-14-8-15-25-34,35-26-16-9-17-27-35)36-28-18-10-19-29-36/h7-10,12-19,22-29,31H,1-6,11,20-21,30H2/p+1. The van der Waals surface area contributed by atoms with Crippen molar-refractivity contribution in [3.63, 3.8) is 0 Å². The van der Waals surface area contributed by atoms with Crippen LogP contribution in [-0.2, 0) is 6.42 Å². The van der Waals surface area contributed by atoms with Gasteiger partial charge in [0.05, 0.1) is 11.8 Å². The Hall–Kier alpha value is -3.68. The Bertz CT molecular complexity index is 1400. The molecule has 1 N–H and O–H groups in total. The van der Waals surface area contributed by atoms with Gasteiger partial charge in [-0.05, 0) is 74.2 Å². The lowest BCUT2D eigenvalue weighted by molar-refractivity contribution is 0.574. The molecule has 1 aromatic heterocycles. The first kappa shape index (κ1) is 28.8. The maximum atomic E-state index is 12.3. The Morgan fingerprint density at radius 1 is 0.512 bits per heavy atom. The third-order valence-corrected chi connectivity index (χ3v) is 12.6. The molecule has 0 amide bonds. The van der Waals surface area contributed by atoms with E-state index in [4.69, 9.17) is 0 Å². The average Bonchev–Trinajstić information content (AvgIpc) is 3.42. The smallest absolute Gasteiger partial charge is 0.271 e. The third-order valence-electron chi connectivity index (χ3n) is 8.07. The molecule has 0 bridgehead atoms. The highest BCUT2D eigenvalue weighted by atomic mass is 31.2. The van der Waals surface area contributed by atoms with Crippen LogP contribution in [0.3, 0.4) is 0 Å². The summed E-state index contributed by atoms with van der Waals surface area (Å²) >= 11 is 0. The van der Waals surface area contributed by atoms with Crippen molar-refractivity contribution < 1.29 is 0 Å². The molecule has 0 unspecified atom stereocenters. The fourth-order valence-corrected chi connectivity index (χ4v) is 10.4. The number of benzene rings is 4. The zero-order chi connectivity index (χ0) is 28.2. The van der Waals surface area contributed by atoms with Crippen LogP contribution < -0.4 is 21.5 Å². The second-order valence-electron chi connectivity index (χ2n) is 10.9. The maximum absolute atomic E-state index is 12.3. The molecule has 210 valence electrons. The normalized spacial score (nSPS) is 11.5. The predicted octanol–water partition coefficient (Wildman–Crippen LogP) is 7.82. The van der Waals surface area contributed by atoms with E-state index in [1.165, 1.54) is 67.0 Å². The van der Waals surface area contributed by atoms with Crippen LogP contribution in [0.1, 0.15) is 57.1 Å². The number of unbranched alkanes of at least 4 members (excludes halogenated alkanes) is 7. The topological polar surface area (TPSA) is 37.8 Å². The van der Waals surface area contributed by atoms with Crippen LogP contribution in [0.25, 0.3) is 5.69 Å². The lowest BCUT2D eigenvalue weighted by Crippen LogP contribution is -2.33. The Morgan fingerprint density at radius 3 is 1.41 bits per heavy atom. The van der Waals surface area contributed by atoms with Crippen molar-refractivity contribution in [2.24, 2.45) is 0 Å². The summed E-state index contributed by atoms with van der Waals surface area (Å²) in [4.78, 5) is 12.3. The zero-order valence-corrected chi connectivity index (χ0v) is 24.9. The fraction of sp³-hybridized carbons (Fsp3) is 0.270. The minimum Gasteiger partial charge on any atom is -0.295 e. The van der Waals surface area contributed by atoms with Gasteiger partial charge in [0, 0.05) is 11.8 Å². The lowest BCUT2D eigenvalue weighted by Gasteiger charge is -2.27. The molecule has 5 aromatic rings. The maximum Gasteiger partial charge on any atom is 0.271 e. The van der Waals surface area contributed by atoms with Gasteiger partial charge in [-0.25, -0.2) is 4.68 Å². The zero-order valence-electron chi connectivity index (χ0n) is 24.0. The Labute approximate surface area is 245 Å². The van der Waals surface area contributed by atoms with Gasteiger partial charge in [-0.3, -0.25) is 9.89 Å². The van der Waals surface area contributed by atoms with E-state index in [1.54, 1.807) is 10.7 Å². The summed E-state index contributed by atoms with van der Waals surface area (Å²) in [5.41, 5.74) is 1.94. The lowest BCUT2D eigenvalue weighted by atomic mass is 10.1. The number of nitrogens with zero attached hydrogens (tertiary/aromatic N) is 1. The first-order valence-corrected chi connectivity index (χ1v) is 17.2. The van der Waals surface area contributed by atoms with Crippen LogP contribution in [0, 0.1) is 0 Å². The van der Waals surface area contributed by atoms with Crippen LogP contribution in [0.15, 0.2) is 132 Å². The number of H-pyrrole nitrogens is 1. The average molecular weight is 562 g/mol. The number of aryl methyl sites for hydroxylation is 1. The van der Waals surface area contributed by atoms with Gasteiger partial charge in [0.2, 0.25) is 0 Å². The number of rotatable bonds is 15. The van der Waals surface area contributed by atoms with Crippen molar-refractivity contribution in [1.29, 1.82) is 0 Å². The van der Waals surface area contributed by atoms with E-state index in [1.807, 2.05) is 30.3 Å². The molecule has 0 saturated heterocycles. The number of aromatic nitrogens is 2. The van der Waals surface area contributed by atoms with E-state index in [2.05, 4.69) is 96.1 Å². The number of nitrogens with one attached hydrogen (secondary N) is 1. The van der Waals surface area contributed by atoms with Gasteiger partial charge < -0.3 is 0 Å². The summed E-state index contributed by atoms with van der Waals surface area (Å²) in [6.45, 7) is 0. The highest BCUT2D eigenvalue weighted by molar-refractivity contribution is 7.95. The van der Waals surface area contributed by atoms with Crippen LogP contribution in [-0.4, -0.2) is 15.9 Å². The van der Waals surface area contributed by atoms with Crippen LogP contribution in [0.2, 0.25) is 0 Å². The van der Waals surface area contributed by atoms with Crippen LogP contribution in [0.5, 0.6) is 0 Å². The molecule has 0 aliphatic heterocycles. The number of hydrogen-bond donors (Lipinski definition) is 1. The summed E-state index contributed by atoms with van der Waals surface area (Å²) in [6.07, 6.45) is 12.2. The van der Waals surface area contributed by atoms with Gasteiger partial charge in [0.15, 0.2) is 0 Å². The number of aromatic amines is 1. The van der Waals surface area contributed by atoms with Crippen molar-refractivity contribution in [2.45, 2.75) is 57.8 Å². The number of hydrogen-bond acceptors (Lipinski definition) is 1. The van der Waals surface area contributed by atoms with E-state index >= 15 is 0 Å². The predicted molar refractivity (Wildman–Crippen MR) is 177 cm³/mol. The largest absolute Gasteiger partial charge is 0.295 e. The summed E-state index contributed by atoms with van der Waals surface area (Å²) in [5, 5.41) is 7.73. The molecule has 5 rings (SSSR count). The molecule has 0 fully saturated rings. The number of para-hydroxylation sites is 1. The molecule has 0 aliphatic carbocycles. The minimum atomic E-state index is -1.70. The van der Waals surface area contributed by atoms with E-state index in [9.17, 15) is 4.79 Å². The molecular formula is C37H42N2OP+. The summed E-state index contributed by atoms with van der Waals surface area (Å²) in [5.74, 6) is 0. The van der Waals surface area contributed by atoms with Gasteiger partial charge in [-0.2, -0.15) is 0 Å². The van der Waals surface area contributed by atoms with Gasteiger partial charge >= 0.3 is 0 Å². The van der Waals surface area contributed by atoms with E-state index in [0.717, 1.165) is 24.2 Å². The quantitative estimate of drug-likeness (QED) is 0.103. The molecule has 1 heterocycles. The SMILES string of the molecule is O=c1cc(CCCCCCCCCC[P+](c2ccccc2)(c2ccccc2)c2ccccc2)[nH]n1-c1ccccc1. The highest BCUT2D eigenvalue weighted by Crippen LogP contribution is 2.56. The second-order valence-corrected chi connectivity index (χ2v) is 14.5. The molecule has 4 aromatic carbocycles. The van der Waals surface area contributed by atoms with Crippen LogP contribution >= 0.6 is 7.26 Å². The highest BCUT2D eigenvalue weighted by Gasteiger charge is 2.44. The van der Waals surface area contributed by atoms with Crippen molar-refractivity contribution in [3.8, 4) is 5.69 Å². The Morgan fingerprint density at radius 2 is 0.927 bits per heavy atom. The van der Waals surface area contributed by atoms with Gasteiger partial charge in [-0.15, -0.1) is 0 Å². The molecule has 0 spiro atoms. The molecule has 0 saturated carbocycles. The monoisotopic (exact) mass is 561 g/mol. The minimum absolute atomic E-state index is 0.0180. The Kier molecular flexibility index (Phi) is 10.4. The van der Waals surface area contributed by atoms with Crippen molar-refractivity contribution in [2.75, 3.05) is 6.16 Å². The van der Waals surface area contributed by atoms with Crippen molar-refractivity contribution >= 4 is 23.2 Å². The van der Waals surface area contributed by atoms with E-state index in [-0.39, 0.29) is 5.56 Å². The molecule has 0 aliphatic rings. The summed E-state index contributed by atoms with van der Waals surface area (Å²) < 4.78 is 1.64. The molecule has 3 nitrogen and oxygen atoms in total. The molecule has 41 heavy (non-hydrogen) atoms. The summed E-state index contributed by atoms with van der Waals surface area (Å²) in [7, 11) is -1.70. The van der Waals surface area contributed by atoms with Gasteiger partial charge in [-0.1, -0.05) is 105 Å². The molecule has 0 radical (unpaired) electrons. The van der Waals surface area contributed by atoms with E-state index in [0.29, 0.717) is 0 Å². The fourth-order valence-electron chi connectivity index (χ4n) is 5.95. The third kappa shape index (κ3) is 7.34. The molecular weight excluding hydrogens is 519 g/mol. The first-order chi connectivity index (χ1) is 20.3. The first-order valence-electron chi connectivity index (χ1n) is 15.2. The van der Waals surface area contributed by atoms with Crippen LogP contribution in [0.4, 0.5) is 0 Å². The van der Waals surface area contributed by atoms with Crippen molar-refractivity contribution in [3.05, 3.63) is 143 Å².